The van der Waals surface area contributed by atoms with Gasteiger partial charge in [-0.3, -0.25) is 0 Å². The van der Waals surface area contributed by atoms with Crippen LogP contribution in [0.25, 0.3) is 0 Å². The average molecular weight is 258 g/mol. The molecule has 1 rings (SSSR count). The summed E-state index contributed by atoms with van der Waals surface area (Å²) in [5.41, 5.74) is 5.31. The molecule has 0 aliphatic heterocycles. The molecule has 0 amide bonds. The summed E-state index contributed by atoms with van der Waals surface area (Å²) in [4.78, 5) is 0. The SMILES string of the molecule is Cc1nnc(SCCCC(C)(C)C(N)=NO)o1. The van der Waals surface area contributed by atoms with Crippen molar-refractivity contribution in [2.75, 3.05) is 5.75 Å². The lowest BCUT2D eigenvalue weighted by Crippen LogP contribution is -2.31. The Morgan fingerprint density at radius 3 is 2.76 bits per heavy atom. The zero-order valence-electron chi connectivity index (χ0n) is 10.3. The van der Waals surface area contributed by atoms with Gasteiger partial charge in [0, 0.05) is 18.1 Å². The molecule has 96 valence electrons. The fraction of sp³-hybridized carbons (Fsp3) is 0.700. The maximum absolute atomic E-state index is 8.63. The molecule has 0 aromatic carbocycles. The van der Waals surface area contributed by atoms with E-state index in [0.29, 0.717) is 11.1 Å². The van der Waals surface area contributed by atoms with Gasteiger partial charge in [0.2, 0.25) is 5.89 Å². The molecule has 0 saturated carbocycles. The highest BCUT2D eigenvalue weighted by Crippen LogP contribution is 2.25. The number of nitrogens with two attached hydrogens (primary N) is 1. The van der Waals surface area contributed by atoms with Gasteiger partial charge in [0.1, 0.15) is 5.84 Å². The summed E-state index contributed by atoms with van der Waals surface area (Å²) in [5, 5.41) is 19.9. The molecular weight excluding hydrogens is 240 g/mol. The predicted molar refractivity (Wildman–Crippen MR) is 66.2 cm³/mol. The molecule has 1 aromatic rings. The number of amidine groups is 1. The maximum atomic E-state index is 8.63. The van der Waals surface area contributed by atoms with Crippen molar-refractivity contribution in [1.29, 1.82) is 0 Å². The molecule has 0 atom stereocenters. The summed E-state index contributed by atoms with van der Waals surface area (Å²) in [5.74, 6) is 1.70. The van der Waals surface area contributed by atoms with E-state index in [4.69, 9.17) is 15.4 Å². The molecule has 0 aliphatic carbocycles. The average Bonchev–Trinajstić information content (AvgIpc) is 2.69. The lowest BCUT2D eigenvalue weighted by Gasteiger charge is -2.22. The van der Waals surface area contributed by atoms with Crippen molar-refractivity contribution in [3.05, 3.63) is 5.89 Å². The van der Waals surface area contributed by atoms with Gasteiger partial charge in [-0.2, -0.15) is 0 Å². The fourth-order valence-electron chi connectivity index (χ4n) is 1.27. The van der Waals surface area contributed by atoms with Gasteiger partial charge in [0.25, 0.3) is 5.22 Å². The van der Waals surface area contributed by atoms with Crippen LogP contribution in [0.15, 0.2) is 14.8 Å². The molecule has 1 aromatic heterocycles. The topological polar surface area (TPSA) is 97.5 Å². The van der Waals surface area contributed by atoms with E-state index in [1.807, 2.05) is 13.8 Å². The Morgan fingerprint density at radius 1 is 1.53 bits per heavy atom. The monoisotopic (exact) mass is 258 g/mol. The Balaban J connectivity index is 2.29. The van der Waals surface area contributed by atoms with Gasteiger partial charge < -0.3 is 15.4 Å². The van der Waals surface area contributed by atoms with Crippen LogP contribution in [0.2, 0.25) is 0 Å². The third-order valence-corrected chi connectivity index (χ3v) is 3.39. The number of hydrogen-bond acceptors (Lipinski definition) is 6. The molecule has 0 radical (unpaired) electrons. The molecule has 3 N–H and O–H groups in total. The first-order chi connectivity index (χ1) is 7.95. The van der Waals surface area contributed by atoms with Crippen LogP contribution in [0.4, 0.5) is 0 Å². The van der Waals surface area contributed by atoms with E-state index in [0.717, 1.165) is 18.6 Å². The molecule has 0 fully saturated rings. The highest BCUT2D eigenvalue weighted by atomic mass is 32.2. The van der Waals surface area contributed by atoms with E-state index >= 15 is 0 Å². The second-order valence-corrected chi connectivity index (χ2v) is 5.45. The van der Waals surface area contributed by atoms with Crippen LogP contribution < -0.4 is 5.73 Å². The normalized spacial score (nSPS) is 13.0. The number of oxime groups is 1. The second-order valence-electron chi connectivity index (χ2n) is 4.41. The van der Waals surface area contributed by atoms with Crippen molar-refractivity contribution in [2.45, 2.75) is 38.8 Å². The lowest BCUT2D eigenvalue weighted by molar-refractivity contribution is 0.305. The fourth-order valence-corrected chi connectivity index (χ4v) is 2.02. The molecular formula is C10H18N4O2S. The Hall–Kier alpha value is -1.24. The van der Waals surface area contributed by atoms with E-state index in [-0.39, 0.29) is 11.3 Å². The third kappa shape index (κ3) is 4.26. The van der Waals surface area contributed by atoms with Crippen LogP contribution in [0.1, 0.15) is 32.6 Å². The van der Waals surface area contributed by atoms with Gasteiger partial charge in [-0.1, -0.05) is 30.8 Å². The minimum absolute atomic E-state index is 0.260. The summed E-state index contributed by atoms with van der Waals surface area (Å²) in [6.07, 6.45) is 1.76. The standard InChI is InChI=1S/C10H18N4O2S/c1-7-12-13-9(16-7)17-6-4-5-10(2,3)8(11)14-15/h15H,4-6H2,1-3H3,(H2,11,14). The lowest BCUT2D eigenvalue weighted by atomic mass is 9.87. The predicted octanol–water partition coefficient (Wildman–Crippen LogP) is 2.02. The van der Waals surface area contributed by atoms with Gasteiger partial charge in [-0.15, -0.1) is 10.2 Å². The number of rotatable bonds is 6. The number of hydrogen-bond donors (Lipinski definition) is 2. The van der Waals surface area contributed by atoms with Crippen molar-refractivity contribution in [2.24, 2.45) is 16.3 Å². The van der Waals surface area contributed by atoms with Crippen LogP contribution in [0.3, 0.4) is 0 Å². The molecule has 17 heavy (non-hydrogen) atoms. The summed E-state index contributed by atoms with van der Waals surface area (Å²) in [6.45, 7) is 5.66. The van der Waals surface area contributed by atoms with Crippen LogP contribution in [-0.2, 0) is 0 Å². The first-order valence-corrected chi connectivity index (χ1v) is 6.35. The number of nitrogens with zero attached hydrogens (tertiary/aromatic N) is 3. The van der Waals surface area contributed by atoms with Gasteiger partial charge in [0.15, 0.2) is 0 Å². The largest absolute Gasteiger partial charge is 0.416 e. The van der Waals surface area contributed by atoms with Crippen LogP contribution in [0.5, 0.6) is 0 Å². The third-order valence-electron chi connectivity index (χ3n) is 2.48. The zero-order valence-corrected chi connectivity index (χ0v) is 11.1. The van der Waals surface area contributed by atoms with Crippen molar-refractivity contribution in [3.8, 4) is 0 Å². The van der Waals surface area contributed by atoms with Gasteiger partial charge in [-0.05, 0) is 12.8 Å². The quantitative estimate of drug-likeness (QED) is 0.202. The highest BCUT2D eigenvalue weighted by Gasteiger charge is 2.22. The van der Waals surface area contributed by atoms with Crippen LogP contribution >= 0.6 is 11.8 Å². The minimum Gasteiger partial charge on any atom is -0.416 e. The summed E-state index contributed by atoms with van der Waals surface area (Å²) in [6, 6.07) is 0. The molecule has 6 nitrogen and oxygen atoms in total. The van der Waals surface area contributed by atoms with Gasteiger partial charge in [-0.25, -0.2) is 0 Å². The Bertz CT molecular complexity index is 389. The Kier molecular flexibility index (Phi) is 4.80. The zero-order chi connectivity index (χ0) is 12.9. The van der Waals surface area contributed by atoms with Crippen molar-refractivity contribution in [1.82, 2.24) is 10.2 Å². The molecule has 0 bridgehead atoms. The molecule has 0 aliphatic rings. The Labute approximate surface area is 105 Å². The Morgan fingerprint density at radius 2 is 2.24 bits per heavy atom. The maximum Gasteiger partial charge on any atom is 0.276 e. The van der Waals surface area contributed by atoms with E-state index in [1.54, 1.807) is 6.92 Å². The summed E-state index contributed by atoms with van der Waals surface area (Å²) >= 11 is 1.52. The first-order valence-electron chi connectivity index (χ1n) is 5.36. The number of aryl methyl sites for hydroxylation is 1. The van der Waals surface area contributed by atoms with E-state index in [1.165, 1.54) is 11.8 Å². The van der Waals surface area contributed by atoms with Crippen LogP contribution in [-0.4, -0.2) is 27.0 Å². The van der Waals surface area contributed by atoms with Gasteiger partial charge >= 0.3 is 0 Å². The van der Waals surface area contributed by atoms with Gasteiger partial charge in [0.05, 0.1) is 0 Å². The summed E-state index contributed by atoms with van der Waals surface area (Å²) in [7, 11) is 0. The first kappa shape index (κ1) is 13.8. The molecule has 1 heterocycles. The second kappa shape index (κ2) is 5.90. The molecule has 0 saturated heterocycles. The summed E-state index contributed by atoms with van der Waals surface area (Å²) < 4.78 is 5.24. The van der Waals surface area contributed by atoms with Crippen molar-refractivity contribution in [3.63, 3.8) is 0 Å². The molecule has 0 unspecified atom stereocenters. The van der Waals surface area contributed by atoms with Crippen molar-refractivity contribution >= 4 is 17.6 Å². The minimum atomic E-state index is -0.292. The smallest absolute Gasteiger partial charge is 0.276 e. The van der Waals surface area contributed by atoms with Crippen molar-refractivity contribution < 1.29 is 9.62 Å². The van der Waals surface area contributed by atoms with E-state index in [2.05, 4.69) is 15.4 Å². The molecule has 7 heteroatoms. The van der Waals surface area contributed by atoms with E-state index in [9.17, 15) is 0 Å². The highest BCUT2D eigenvalue weighted by molar-refractivity contribution is 7.99. The molecule has 0 spiro atoms. The number of thioether (sulfide) groups is 1. The van der Waals surface area contributed by atoms with Crippen LogP contribution in [0, 0.1) is 12.3 Å². The van der Waals surface area contributed by atoms with E-state index < -0.39 is 0 Å². The number of aromatic nitrogens is 2.